The van der Waals surface area contributed by atoms with Gasteiger partial charge < -0.3 is 9.80 Å². The topological polar surface area (TPSA) is 6.48 Å². The molecule has 0 saturated carbocycles. The van der Waals surface area contributed by atoms with Crippen LogP contribution in [0.4, 0.5) is 34.1 Å². The molecule has 0 fully saturated rings. The summed E-state index contributed by atoms with van der Waals surface area (Å²) in [6, 6.07) is 120. The molecule has 572 valence electrons. The van der Waals surface area contributed by atoms with Crippen molar-refractivity contribution in [3.63, 3.8) is 0 Å². The molecule has 0 atom stereocenters. The first-order valence-electron chi connectivity index (χ1n) is 41.6. The number of hydrogen-bond donors (Lipinski definition) is 0. The van der Waals surface area contributed by atoms with Crippen LogP contribution in [0.3, 0.4) is 0 Å². The molecule has 0 N–H and O–H groups in total. The first kappa shape index (κ1) is 77.7. The molecular weight excluding hydrogens is 1420 g/mol. The Morgan fingerprint density at radius 2 is 0.729 bits per heavy atom. The molecule has 0 saturated heterocycles. The second kappa shape index (κ2) is 37.8. The maximum atomic E-state index is 3.96. The fourth-order valence-electron chi connectivity index (χ4n) is 16.4. The predicted molar refractivity (Wildman–Crippen MR) is 511 cm³/mol. The van der Waals surface area contributed by atoms with E-state index in [0.29, 0.717) is 0 Å². The number of rotatable bonds is 20. The Labute approximate surface area is 699 Å². The highest BCUT2D eigenvalue weighted by Crippen LogP contribution is 2.46. The molecule has 18 rings (SSSR count). The molecular formula is C116H98N2. The number of hydrogen-bond acceptors (Lipinski definition) is 2. The minimum Gasteiger partial charge on any atom is -0.310 e. The number of allylic oxidation sites excluding steroid dienone is 16. The molecule has 0 spiro atoms. The van der Waals surface area contributed by atoms with Crippen LogP contribution in [-0.4, -0.2) is 0 Å². The third-order valence-electron chi connectivity index (χ3n) is 22.7. The van der Waals surface area contributed by atoms with Crippen molar-refractivity contribution in [2.24, 2.45) is 0 Å². The normalized spacial score (nSPS) is 13.2. The van der Waals surface area contributed by atoms with Crippen molar-refractivity contribution < 1.29 is 0 Å². The molecule has 0 aromatic heterocycles. The highest BCUT2D eigenvalue weighted by molar-refractivity contribution is 5.92. The lowest BCUT2D eigenvalue weighted by molar-refractivity contribution is 0.986. The van der Waals surface area contributed by atoms with Crippen molar-refractivity contribution in [2.45, 2.75) is 65.2 Å². The molecule has 0 bridgehead atoms. The average molecular weight is 1520 g/mol. The lowest BCUT2D eigenvalue weighted by Crippen LogP contribution is -2.10. The van der Waals surface area contributed by atoms with Gasteiger partial charge in [0.25, 0.3) is 0 Å². The molecule has 0 heterocycles. The Bertz CT molecular complexity index is 6130. The van der Waals surface area contributed by atoms with Crippen molar-refractivity contribution in [1.82, 2.24) is 0 Å². The molecule has 0 unspecified atom stereocenters. The Kier molecular flexibility index (Phi) is 24.9. The molecule has 118 heavy (non-hydrogen) atoms. The summed E-state index contributed by atoms with van der Waals surface area (Å²) in [6.07, 6.45) is 47.1. The molecule has 4 aliphatic carbocycles. The molecule has 0 radical (unpaired) electrons. The zero-order valence-electron chi connectivity index (χ0n) is 67.5. The molecule has 2 nitrogen and oxygen atoms in total. The largest absolute Gasteiger partial charge is 0.310 e. The van der Waals surface area contributed by atoms with Crippen LogP contribution in [0.25, 0.3) is 113 Å². The molecule has 0 aliphatic heterocycles. The summed E-state index contributed by atoms with van der Waals surface area (Å²) in [4.78, 5) is 4.79. The highest BCUT2D eigenvalue weighted by atomic mass is 15.1. The van der Waals surface area contributed by atoms with Gasteiger partial charge in [-0.15, -0.1) is 0 Å². The number of fused-ring (bicyclic) bond motifs is 3. The molecule has 14 aromatic carbocycles. The van der Waals surface area contributed by atoms with Crippen molar-refractivity contribution in [2.75, 3.05) is 9.80 Å². The maximum Gasteiger partial charge on any atom is 0.0468 e. The monoisotopic (exact) mass is 1520 g/mol. The van der Waals surface area contributed by atoms with Gasteiger partial charge in [0.2, 0.25) is 0 Å². The van der Waals surface area contributed by atoms with Crippen molar-refractivity contribution in [3.05, 3.63) is 481 Å². The summed E-state index contributed by atoms with van der Waals surface area (Å²) in [5.41, 5.74) is 39.5. The Hall–Kier alpha value is -14.2. The van der Waals surface area contributed by atoms with Gasteiger partial charge >= 0.3 is 0 Å². The Morgan fingerprint density at radius 3 is 1.23 bits per heavy atom. The summed E-state index contributed by atoms with van der Waals surface area (Å²) < 4.78 is 0. The van der Waals surface area contributed by atoms with E-state index in [1.54, 1.807) is 6.08 Å². The zero-order chi connectivity index (χ0) is 80.2. The first-order valence-corrected chi connectivity index (χ1v) is 41.6. The summed E-state index contributed by atoms with van der Waals surface area (Å²) >= 11 is 0. The van der Waals surface area contributed by atoms with E-state index in [2.05, 4.69) is 401 Å². The van der Waals surface area contributed by atoms with Gasteiger partial charge in [-0.1, -0.05) is 365 Å². The Morgan fingerprint density at radius 1 is 0.314 bits per heavy atom. The highest BCUT2D eigenvalue weighted by Gasteiger charge is 2.22. The van der Waals surface area contributed by atoms with Gasteiger partial charge in [0, 0.05) is 34.1 Å². The average Bonchev–Trinajstić information content (AvgIpc) is 0.776. The van der Waals surface area contributed by atoms with Crippen LogP contribution in [0.15, 0.2) is 426 Å². The molecule has 0 amide bonds. The quantitative estimate of drug-likeness (QED) is 0.0702. The lowest BCUT2D eigenvalue weighted by Gasteiger charge is -2.28. The van der Waals surface area contributed by atoms with Crippen LogP contribution < -0.4 is 9.80 Å². The van der Waals surface area contributed by atoms with Gasteiger partial charge in [-0.2, -0.15) is 0 Å². The zero-order valence-corrected chi connectivity index (χ0v) is 67.5. The van der Waals surface area contributed by atoms with Crippen LogP contribution in [0, 0.1) is 6.92 Å². The van der Waals surface area contributed by atoms with Crippen LogP contribution in [0.5, 0.6) is 0 Å². The maximum absolute atomic E-state index is 3.96. The minimum atomic E-state index is 0.992. The summed E-state index contributed by atoms with van der Waals surface area (Å²) in [7, 11) is 0. The Balaban J connectivity index is 0.000000166. The standard InChI is InChI=1S/C60H53N.C50H39N.C6H6/c1-5-8-9-11-18-45(16-6-2)47-25-28-51(29-26-47)59-40-39-58(43-60(59)50-20-12-10-13-21-50)61(56-35-31-48(32-36-56)54-24-23-44(4)52(41-54)17-7-3)57-37-33-49(34-38-57)55-30-27-46-19-14-15-22-53(46)42-55;1-3-13-40(14-4-1)49-32-31-48(35-50(49)41-15-5-2-6-16-41)51(46-27-23-38(24-28-46)44-21-19-36-11-7-9-17-42(36)33-44)47-29-25-39(26-30-47)45-22-20-37-12-8-10-18-43(37)34-45;1-2-4-6-5-3-1/h5-12,14,16-20,23-43H,1-2,13,15,21-22H2,3-4H3;1-7,10-11,13-16,18-35H,8-9,12,17H2;1-6H/b9-8-,17-7-,18-11+,45-16+;;. The number of nitrogens with zero attached hydrogens (tertiary/aromatic N) is 2. The van der Waals surface area contributed by atoms with E-state index in [9.17, 15) is 0 Å². The summed E-state index contributed by atoms with van der Waals surface area (Å²) in [5.74, 6) is 0. The van der Waals surface area contributed by atoms with E-state index in [4.69, 9.17) is 0 Å². The minimum absolute atomic E-state index is 0.992. The van der Waals surface area contributed by atoms with E-state index >= 15 is 0 Å². The molecule has 14 aromatic rings. The number of aryl methyl sites for hydroxylation is 4. The van der Waals surface area contributed by atoms with Crippen LogP contribution in [0.1, 0.15) is 94.7 Å². The summed E-state index contributed by atoms with van der Waals surface area (Å²) in [6.45, 7) is 12.0. The SMILES string of the molecule is C1=Cc2cc(-c3ccc(N(c4ccc(-c5ccc6c(c5)CCC=C6)cc4)c4ccc(-c5ccccc5)c(-c5ccccc5)c4)cc3)ccc2CC1.C=C\C=C/C=C/C(=C\C=C)c1ccc(-c2ccc(N(c3ccc(-c4ccc(C)c(/C=C\C)c4)cc3)c3ccc(-c4ccc5c(c4)CCC=C5)cc3)cc2C2=CC=CCC2)cc1.c1ccccc1. The van der Waals surface area contributed by atoms with E-state index in [-0.39, 0.29) is 0 Å². The van der Waals surface area contributed by atoms with Crippen LogP contribution >= 0.6 is 0 Å². The van der Waals surface area contributed by atoms with Gasteiger partial charge in [0.05, 0.1) is 0 Å². The van der Waals surface area contributed by atoms with E-state index in [0.717, 1.165) is 96.6 Å². The van der Waals surface area contributed by atoms with Gasteiger partial charge in [-0.25, -0.2) is 0 Å². The summed E-state index contributed by atoms with van der Waals surface area (Å²) in [5, 5.41) is 0. The van der Waals surface area contributed by atoms with Gasteiger partial charge in [-0.05, 0) is 295 Å². The van der Waals surface area contributed by atoms with E-state index in [1.165, 1.54) is 134 Å². The number of anilines is 6. The fraction of sp³-hybridized carbons (Fsp3) is 0.0862. The smallest absolute Gasteiger partial charge is 0.0468 e. The lowest BCUT2D eigenvalue weighted by atomic mass is 9.89. The third-order valence-corrected chi connectivity index (χ3v) is 22.7. The third kappa shape index (κ3) is 18.5. The first-order chi connectivity index (χ1) is 58.3. The molecule has 4 aliphatic rings. The van der Waals surface area contributed by atoms with Crippen molar-refractivity contribution in [1.29, 1.82) is 0 Å². The van der Waals surface area contributed by atoms with Crippen molar-refractivity contribution in [3.8, 4) is 77.9 Å². The van der Waals surface area contributed by atoms with Gasteiger partial charge in [0.1, 0.15) is 0 Å². The van der Waals surface area contributed by atoms with Crippen molar-refractivity contribution >= 4 is 69.6 Å². The number of benzene rings is 14. The fourth-order valence-corrected chi connectivity index (χ4v) is 16.4. The van der Waals surface area contributed by atoms with Crippen LogP contribution in [0.2, 0.25) is 0 Å². The van der Waals surface area contributed by atoms with Gasteiger partial charge in [-0.3, -0.25) is 0 Å². The second-order valence-corrected chi connectivity index (χ2v) is 30.4. The van der Waals surface area contributed by atoms with Gasteiger partial charge in [0.15, 0.2) is 0 Å². The predicted octanol–water partition coefficient (Wildman–Crippen LogP) is 32.5. The van der Waals surface area contributed by atoms with Crippen LogP contribution in [-0.2, 0) is 19.3 Å². The van der Waals surface area contributed by atoms with E-state index < -0.39 is 0 Å². The van der Waals surface area contributed by atoms with E-state index in [1.807, 2.05) is 66.8 Å². The second-order valence-electron chi connectivity index (χ2n) is 30.4. The molecule has 2 heteroatoms.